The van der Waals surface area contributed by atoms with E-state index in [4.69, 9.17) is 4.74 Å². The molecule has 0 heterocycles. The summed E-state index contributed by atoms with van der Waals surface area (Å²) in [6.45, 7) is 1.71. The molecule has 0 aliphatic carbocycles. The number of aryl methyl sites for hydroxylation is 1. The van der Waals surface area contributed by atoms with Crippen LogP contribution in [0.15, 0.2) is 42.5 Å². The van der Waals surface area contributed by atoms with Crippen molar-refractivity contribution in [1.29, 1.82) is 0 Å². The Balaban J connectivity index is 2.41. The standard InChI is InChI=1S/C16H13F3O2/c1-10-8-13(21-2)6-7-14(10)15(20)11-4-3-5-12(9-11)16(17,18)19/h3-9H,1-2H3. The van der Waals surface area contributed by atoms with E-state index in [0.717, 1.165) is 12.1 Å². The lowest BCUT2D eigenvalue weighted by molar-refractivity contribution is -0.137. The van der Waals surface area contributed by atoms with Crippen molar-refractivity contribution < 1.29 is 22.7 Å². The second kappa shape index (κ2) is 5.60. The number of ketones is 1. The highest BCUT2D eigenvalue weighted by molar-refractivity contribution is 6.10. The largest absolute Gasteiger partial charge is 0.497 e. The van der Waals surface area contributed by atoms with Crippen LogP contribution in [0.1, 0.15) is 27.0 Å². The van der Waals surface area contributed by atoms with Crippen molar-refractivity contribution >= 4 is 5.78 Å². The van der Waals surface area contributed by atoms with Crippen LogP contribution in [0.5, 0.6) is 5.75 Å². The summed E-state index contributed by atoms with van der Waals surface area (Å²) in [7, 11) is 1.50. The van der Waals surface area contributed by atoms with E-state index in [2.05, 4.69) is 0 Å². The van der Waals surface area contributed by atoms with Gasteiger partial charge in [-0.15, -0.1) is 0 Å². The Morgan fingerprint density at radius 3 is 2.38 bits per heavy atom. The maximum Gasteiger partial charge on any atom is 0.416 e. The Kier molecular flexibility index (Phi) is 4.02. The van der Waals surface area contributed by atoms with Gasteiger partial charge in [0.25, 0.3) is 0 Å². The number of carbonyl (C=O) groups excluding carboxylic acids is 1. The third-order valence-corrected chi connectivity index (χ3v) is 3.13. The zero-order chi connectivity index (χ0) is 15.6. The van der Waals surface area contributed by atoms with Gasteiger partial charge in [-0.2, -0.15) is 13.2 Å². The Labute approximate surface area is 120 Å². The molecule has 0 fully saturated rings. The van der Waals surface area contributed by atoms with Crippen LogP contribution in [0, 0.1) is 6.92 Å². The zero-order valence-electron chi connectivity index (χ0n) is 11.5. The van der Waals surface area contributed by atoms with E-state index >= 15 is 0 Å². The normalized spacial score (nSPS) is 11.3. The first-order valence-electron chi connectivity index (χ1n) is 6.19. The highest BCUT2D eigenvalue weighted by atomic mass is 19.4. The molecule has 0 amide bonds. The number of alkyl halides is 3. The highest BCUT2D eigenvalue weighted by Crippen LogP contribution is 2.30. The zero-order valence-corrected chi connectivity index (χ0v) is 11.5. The topological polar surface area (TPSA) is 26.3 Å². The molecule has 2 rings (SSSR count). The van der Waals surface area contributed by atoms with Crippen molar-refractivity contribution in [3.63, 3.8) is 0 Å². The molecular formula is C16H13F3O2. The van der Waals surface area contributed by atoms with Gasteiger partial charge in [-0.3, -0.25) is 4.79 Å². The van der Waals surface area contributed by atoms with Crippen molar-refractivity contribution in [2.75, 3.05) is 7.11 Å². The predicted octanol–water partition coefficient (Wildman–Crippen LogP) is 4.25. The maximum atomic E-state index is 12.7. The molecule has 0 saturated carbocycles. The Hall–Kier alpha value is -2.30. The van der Waals surface area contributed by atoms with Crippen molar-refractivity contribution in [2.24, 2.45) is 0 Å². The lowest BCUT2D eigenvalue weighted by atomic mass is 9.97. The third-order valence-electron chi connectivity index (χ3n) is 3.13. The van der Waals surface area contributed by atoms with Gasteiger partial charge >= 0.3 is 6.18 Å². The van der Waals surface area contributed by atoms with Crippen molar-refractivity contribution in [3.8, 4) is 5.75 Å². The second-order valence-electron chi connectivity index (χ2n) is 4.59. The molecule has 0 aliphatic heterocycles. The lowest BCUT2D eigenvalue weighted by Gasteiger charge is -2.10. The van der Waals surface area contributed by atoms with E-state index in [1.54, 1.807) is 25.1 Å². The van der Waals surface area contributed by atoms with E-state index in [-0.39, 0.29) is 5.56 Å². The quantitative estimate of drug-likeness (QED) is 0.791. The van der Waals surface area contributed by atoms with Crippen molar-refractivity contribution in [1.82, 2.24) is 0 Å². The Bertz CT molecular complexity index is 675. The molecule has 0 spiro atoms. The highest BCUT2D eigenvalue weighted by Gasteiger charge is 2.31. The van der Waals surface area contributed by atoms with E-state index in [1.807, 2.05) is 0 Å². The van der Waals surface area contributed by atoms with Gasteiger partial charge in [0.15, 0.2) is 5.78 Å². The summed E-state index contributed by atoms with van der Waals surface area (Å²) >= 11 is 0. The molecule has 0 unspecified atom stereocenters. The monoisotopic (exact) mass is 294 g/mol. The van der Waals surface area contributed by atoms with Gasteiger partial charge in [0.2, 0.25) is 0 Å². The number of methoxy groups -OCH3 is 1. The van der Waals surface area contributed by atoms with E-state index in [9.17, 15) is 18.0 Å². The smallest absolute Gasteiger partial charge is 0.416 e. The van der Waals surface area contributed by atoms with Crippen LogP contribution in [0.4, 0.5) is 13.2 Å². The molecule has 0 atom stereocenters. The van der Waals surface area contributed by atoms with Gasteiger partial charge in [0.05, 0.1) is 12.7 Å². The number of halogens is 3. The van der Waals surface area contributed by atoms with E-state index in [1.165, 1.54) is 19.2 Å². The molecule has 0 saturated heterocycles. The molecule has 110 valence electrons. The number of rotatable bonds is 3. The van der Waals surface area contributed by atoms with Gasteiger partial charge < -0.3 is 4.74 Å². The van der Waals surface area contributed by atoms with Crippen molar-refractivity contribution in [3.05, 3.63) is 64.7 Å². The van der Waals surface area contributed by atoms with Crippen LogP contribution in [0.3, 0.4) is 0 Å². The summed E-state index contributed by atoms with van der Waals surface area (Å²) in [6, 6.07) is 9.24. The minimum atomic E-state index is -4.47. The molecule has 5 heteroatoms. The van der Waals surface area contributed by atoms with Crippen molar-refractivity contribution in [2.45, 2.75) is 13.1 Å². The fourth-order valence-corrected chi connectivity index (χ4v) is 2.01. The number of carbonyl (C=O) groups is 1. The minimum absolute atomic E-state index is 0.0121. The summed E-state index contributed by atoms with van der Waals surface area (Å²) < 4.78 is 43.1. The van der Waals surface area contributed by atoms with Gasteiger partial charge in [-0.05, 0) is 42.8 Å². The average Bonchev–Trinajstić information content (AvgIpc) is 2.45. The van der Waals surface area contributed by atoms with E-state index < -0.39 is 17.5 Å². The molecule has 0 radical (unpaired) electrons. The number of ether oxygens (including phenoxy) is 1. The van der Waals surface area contributed by atoms with Gasteiger partial charge in [-0.25, -0.2) is 0 Å². The first-order chi connectivity index (χ1) is 9.82. The number of hydrogen-bond donors (Lipinski definition) is 0. The van der Waals surface area contributed by atoms with Crippen LogP contribution >= 0.6 is 0 Å². The fourth-order valence-electron chi connectivity index (χ4n) is 2.01. The van der Waals surface area contributed by atoms with Crippen LogP contribution in [-0.4, -0.2) is 12.9 Å². The second-order valence-corrected chi connectivity index (χ2v) is 4.59. The van der Waals surface area contributed by atoms with Crippen LogP contribution in [0.25, 0.3) is 0 Å². The van der Waals surface area contributed by atoms with Gasteiger partial charge in [0.1, 0.15) is 5.75 Å². The van der Waals surface area contributed by atoms with E-state index in [0.29, 0.717) is 16.9 Å². The summed E-state index contributed by atoms with van der Waals surface area (Å²) in [6.07, 6.45) is -4.47. The minimum Gasteiger partial charge on any atom is -0.497 e. The van der Waals surface area contributed by atoms with Crippen LogP contribution < -0.4 is 4.74 Å². The first kappa shape index (κ1) is 15.1. The van der Waals surface area contributed by atoms with Gasteiger partial charge in [0, 0.05) is 11.1 Å². The molecule has 21 heavy (non-hydrogen) atoms. The third kappa shape index (κ3) is 3.24. The Morgan fingerprint density at radius 2 is 1.81 bits per heavy atom. The SMILES string of the molecule is COc1ccc(C(=O)c2cccc(C(F)(F)F)c2)c(C)c1. The van der Waals surface area contributed by atoms with Crippen LogP contribution in [-0.2, 0) is 6.18 Å². The summed E-state index contributed by atoms with van der Waals surface area (Å²) in [5.74, 6) is 0.148. The molecule has 0 aromatic heterocycles. The fraction of sp³-hybridized carbons (Fsp3) is 0.188. The summed E-state index contributed by atoms with van der Waals surface area (Å²) in [5.41, 5.74) is 0.185. The van der Waals surface area contributed by atoms with Crippen LogP contribution in [0.2, 0.25) is 0 Å². The molecule has 0 N–H and O–H groups in total. The molecule has 2 aromatic rings. The lowest BCUT2D eigenvalue weighted by Crippen LogP contribution is -2.09. The summed E-state index contributed by atoms with van der Waals surface area (Å²) in [4.78, 5) is 12.3. The molecular weight excluding hydrogens is 281 g/mol. The Morgan fingerprint density at radius 1 is 1.10 bits per heavy atom. The molecule has 2 aromatic carbocycles. The maximum absolute atomic E-state index is 12.7. The molecule has 0 aliphatic rings. The number of benzene rings is 2. The predicted molar refractivity (Wildman–Crippen MR) is 72.6 cm³/mol. The molecule has 0 bridgehead atoms. The summed E-state index contributed by atoms with van der Waals surface area (Å²) in [5, 5.41) is 0. The average molecular weight is 294 g/mol. The van der Waals surface area contributed by atoms with Gasteiger partial charge in [-0.1, -0.05) is 12.1 Å². The first-order valence-corrected chi connectivity index (χ1v) is 6.19. The molecule has 2 nitrogen and oxygen atoms in total. The number of hydrogen-bond acceptors (Lipinski definition) is 2.